The van der Waals surface area contributed by atoms with E-state index >= 15 is 0 Å². The zero-order valence-electron chi connectivity index (χ0n) is 27.0. The van der Waals surface area contributed by atoms with Gasteiger partial charge in [-0.25, -0.2) is 15.0 Å². The quantitative estimate of drug-likeness (QED) is 0.189. The predicted octanol–water partition coefficient (Wildman–Crippen LogP) is 11.4. The van der Waals surface area contributed by atoms with Crippen LogP contribution >= 0.6 is 11.8 Å². The van der Waals surface area contributed by atoms with Crippen molar-refractivity contribution in [3.8, 4) is 56.4 Å². The number of nitrogens with zero attached hydrogens (tertiary/aromatic N) is 3. The van der Waals surface area contributed by atoms with Crippen LogP contribution in [0.2, 0.25) is 0 Å². The summed E-state index contributed by atoms with van der Waals surface area (Å²) in [5, 5.41) is 0. The molecule has 0 amide bonds. The lowest BCUT2D eigenvalue weighted by molar-refractivity contribution is 0.722. The van der Waals surface area contributed by atoms with E-state index < -0.39 is 5.41 Å². The van der Waals surface area contributed by atoms with Crippen molar-refractivity contribution in [3.63, 3.8) is 0 Å². The van der Waals surface area contributed by atoms with Crippen LogP contribution in [0.15, 0.2) is 186 Å². The van der Waals surface area contributed by atoms with Crippen LogP contribution in [0.25, 0.3) is 56.4 Å². The Morgan fingerprint density at radius 3 is 1.48 bits per heavy atom. The highest BCUT2D eigenvalue weighted by Gasteiger charge is 2.50. The van der Waals surface area contributed by atoms with Gasteiger partial charge in [0.15, 0.2) is 17.5 Å². The van der Waals surface area contributed by atoms with Crippen molar-refractivity contribution >= 4 is 11.8 Å². The van der Waals surface area contributed by atoms with E-state index in [-0.39, 0.29) is 0 Å². The molecule has 234 valence electrons. The van der Waals surface area contributed by atoms with Gasteiger partial charge in [0.1, 0.15) is 0 Å². The summed E-state index contributed by atoms with van der Waals surface area (Å²) < 4.78 is 0. The summed E-state index contributed by atoms with van der Waals surface area (Å²) in [6.45, 7) is 0. The summed E-state index contributed by atoms with van der Waals surface area (Å²) in [6.07, 6.45) is 0. The highest BCUT2D eigenvalue weighted by Crippen LogP contribution is 2.62. The number of rotatable bonds is 4. The maximum Gasteiger partial charge on any atom is 0.164 e. The first-order chi connectivity index (χ1) is 24.8. The zero-order valence-corrected chi connectivity index (χ0v) is 27.8. The van der Waals surface area contributed by atoms with E-state index in [4.69, 9.17) is 15.0 Å². The SMILES string of the molecule is c1ccc(-c2cccc(-c3nc(-c4ccccc4)nc(-c4ccc5c(c4)Sc4ccccc4C54c5ccccc5-c5ccccc54)n3)c2)cc1. The maximum absolute atomic E-state index is 5.16. The second-order valence-electron chi connectivity index (χ2n) is 12.8. The van der Waals surface area contributed by atoms with Crippen molar-refractivity contribution in [2.45, 2.75) is 15.2 Å². The van der Waals surface area contributed by atoms with Crippen LogP contribution in [0.4, 0.5) is 0 Å². The molecular weight excluding hydrogens is 627 g/mol. The van der Waals surface area contributed by atoms with Crippen molar-refractivity contribution in [1.29, 1.82) is 0 Å². The number of hydrogen-bond donors (Lipinski definition) is 0. The minimum absolute atomic E-state index is 0.416. The molecule has 0 saturated heterocycles. The Morgan fingerprint density at radius 2 is 0.800 bits per heavy atom. The minimum Gasteiger partial charge on any atom is -0.208 e. The Labute approximate surface area is 295 Å². The third kappa shape index (κ3) is 4.42. The number of aromatic nitrogens is 3. The molecule has 10 rings (SSSR count). The summed E-state index contributed by atoms with van der Waals surface area (Å²) in [7, 11) is 0. The molecule has 0 atom stereocenters. The van der Waals surface area contributed by atoms with Crippen LogP contribution in [-0.4, -0.2) is 15.0 Å². The molecule has 0 fully saturated rings. The molecule has 8 aromatic rings. The van der Waals surface area contributed by atoms with Gasteiger partial charge in [0, 0.05) is 26.5 Å². The smallest absolute Gasteiger partial charge is 0.164 e. The molecule has 1 spiro atoms. The van der Waals surface area contributed by atoms with Gasteiger partial charge in [-0.2, -0.15) is 0 Å². The number of benzene rings is 7. The summed E-state index contributed by atoms with van der Waals surface area (Å²) in [6, 6.07) is 62.6. The van der Waals surface area contributed by atoms with Crippen LogP contribution in [0.5, 0.6) is 0 Å². The molecular formula is C46H29N3S. The standard InChI is InChI=1S/C46H29N3S/c1-3-14-30(15-4-1)32-18-13-19-33(28-32)44-47-43(31-16-5-2-6-17-31)48-45(49-44)34-26-27-40-42(29-34)50-41-25-12-11-24-39(41)46(40)37-22-9-7-20-35(37)36-21-8-10-23-38(36)46/h1-29H. The molecule has 50 heavy (non-hydrogen) atoms. The van der Waals surface area contributed by atoms with Gasteiger partial charge in [-0.3, -0.25) is 0 Å². The van der Waals surface area contributed by atoms with Crippen LogP contribution < -0.4 is 0 Å². The molecule has 1 aliphatic heterocycles. The van der Waals surface area contributed by atoms with Gasteiger partial charge in [0.25, 0.3) is 0 Å². The number of hydrogen-bond acceptors (Lipinski definition) is 4. The minimum atomic E-state index is -0.416. The molecule has 3 nitrogen and oxygen atoms in total. The van der Waals surface area contributed by atoms with E-state index in [1.54, 1.807) is 0 Å². The van der Waals surface area contributed by atoms with E-state index in [1.807, 2.05) is 36.0 Å². The summed E-state index contributed by atoms with van der Waals surface area (Å²) in [4.78, 5) is 17.8. The van der Waals surface area contributed by atoms with Crippen LogP contribution in [0, 0.1) is 0 Å². The molecule has 0 saturated carbocycles. The van der Waals surface area contributed by atoms with E-state index in [9.17, 15) is 0 Å². The predicted molar refractivity (Wildman–Crippen MR) is 203 cm³/mol. The molecule has 1 aliphatic carbocycles. The fraction of sp³-hybridized carbons (Fsp3) is 0.0217. The molecule has 2 aliphatic rings. The van der Waals surface area contributed by atoms with E-state index in [0.29, 0.717) is 17.5 Å². The van der Waals surface area contributed by atoms with Crippen molar-refractivity contribution in [1.82, 2.24) is 15.0 Å². The normalized spacial score (nSPS) is 13.3. The second-order valence-corrected chi connectivity index (χ2v) is 13.9. The lowest BCUT2D eigenvalue weighted by Gasteiger charge is -2.39. The largest absolute Gasteiger partial charge is 0.208 e. The van der Waals surface area contributed by atoms with Gasteiger partial charge < -0.3 is 0 Å². The molecule has 0 unspecified atom stereocenters. The molecule has 0 bridgehead atoms. The zero-order chi connectivity index (χ0) is 33.1. The topological polar surface area (TPSA) is 38.7 Å². The Bertz CT molecular complexity index is 2530. The Balaban J connectivity index is 1.17. The second kappa shape index (κ2) is 11.5. The monoisotopic (exact) mass is 655 g/mol. The van der Waals surface area contributed by atoms with Gasteiger partial charge in [0.2, 0.25) is 0 Å². The van der Waals surface area contributed by atoms with Gasteiger partial charge in [-0.1, -0.05) is 169 Å². The van der Waals surface area contributed by atoms with E-state index in [0.717, 1.165) is 27.8 Å². The third-order valence-corrected chi connectivity index (χ3v) is 11.1. The van der Waals surface area contributed by atoms with Crippen molar-refractivity contribution in [2.75, 3.05) is 0 Å². The van der Waals surface area contributed by atoms with Gasteiger partial charge in [-0.05, 0) is 62.7 Å². The molecule has 1 aromatic heterocycles. The lowest BCUT2D eigenvalue weighted by atomic mass is 9.67. The molecule has 0 N–H and O–H groups in total. The van der Waals surface area contributed by atoms with Gasteiger partial charge >= 0.3 is 0 Å². The lowest BCUT2D eigenvalue weighted by Crippen LogP contribution is -2.31. The van der Waals surface area contributed by atoms with E-state index in [2.05, 4.69) is 152 Å². The Hall–Kier alpha value is -6.10. The Kier molecular flexibility index (Phi) is 6.64. The van der Waals surface area contributed by atoms with Crippen molar-refractivity contribution in [2.24, 2.45) is 0 Å². The van der Waals surface area contributed by atoms with Crippen LogP contribution in [-0.2, 0) is 5.41 Å². The molecule has 0 radical (unpaired) electrons. The molecule has 4 heteroatoms. The van der Waals surface area contributed by atoms with Crippen molar-refractivity contribution < 1.29 is 0 Å². The highest BCUT2D eigenvalue weighted by atomic mass is 32.2. The fourth-order valence-corrected chi connectivity index (χ4v) is 9.05. The first-order valence-corrected chi connectivity index (χ1v) is 17.7. The first kappa shape index (κ1) is 28.9. The average Bonchev–Trinajstić information content (AvgIpc) is 3.49. The van der Waals surface area contributed by atoms with Gasteiger partial charge in [-0.15, -0.1) is 0 Å². The summed E-state index contributed by atoms with van der Waals surface area (Å²) in [5.74, 6) is 1.96. The van der Waals surface area contributed by atoms with Crippen LogP contribution in [0.1, 0.15) is 22.3 Å². The van der Waals surface area contributed by atoms with Gasteiger partial charge in [0.05, 0.1) is 5.41 Å². The molecule has 7 aromatic carbocycles. The third-order valence-electron chi connectivity index (χ3n) is 10.0. The highest BCUT2D eigenvalue weighted by molar-refractivity contribution is 7.99. The maximum atomic E-state index is 5.16. The molecule has 2 heterocycles. The summed E-state index contributed by atoms with van der Waals surface area (Å²) in [5.41, 5.74) is 12.6. The van der Waals surface area contributed by atoms with Crippen LogP contribution in [0.3, 0.4) is 0 Å². The first-order valence-electron chi connectivity index (χ1n) is 16.9. The van der Waals surface area contributed by atoms with Crippen molar-refractivity contribution in [3.05, 3.63) is 198 Å². The summed E-state index contributed by atoms with van der Waals surface area (Å²) >= 11 is 1.83. The van der Waals surface area contributed by atoms with E-state index in [1.165, 1.54) is 43.2 Å². The number of fused-ring (bicyclic) bond motifs is 9. The average molecular weight is 656 g/mol. The Morgan fingerprint density at radius 1 is 0.320 bits per heavy atom. The fourth-order valence-electron chi connectivity index (χ4n) is 7.82.